The molecule has 7 heteroatoms. The van der Waals surface area contributed by atoms with E-state index in [1.165, 1.54) is 0 Å². The van der Waals surface area contributed by atoms with Crippen LogP contribution in [0.25, 0.3) is 0 Å². The van der Waals surface area contributed by atoms with Gasteiger partial charge < -0.3 is 19.9 Å². The van der Waals surface area contributed by atoms with Gasteiger partial charge in [-0.15, -0.1) is 0 Å². The van der Waals surface area contributed by atoms with Crippen molar-refractivity contribution in [1.29, 1.82) is 0 Å². The predicted molar refractivity (Wildman–Crippen MR) is 96.1 cm³/mol. The molecule has 0 bridgehead atoms. The first-order valence-corrected chi connectivity index (χ1v) is 8.75. The average Bonchev–Trinajstić information content (AvgIpc) is 3.25. The molecule has 1 fully saturated rings. The molecule has 1 atom stereocenters. The fourth-order valence-electron chi connectivity index (χ4n) is 3.01. The van der Waals surface area contributed by atoms with Crippen LogP contribution in [0.1, 0.15) is 40.2 Å². The highest BCUT2D eigenvalue weighted by molar-refractivity contribution is 6.04. The molecule has 2 heterocycles. The lowest BCUT2D eigenvalue weighted by Crippen LogP contribution is -2.32. The molecule has 1 aromatic carbocycles. The minimum absolute atomic E-state index is 0.0697. The topological polar surface area (TPSA) is 93.5 Å². The minimum atomic E-state index is -0.228. The van der Waals surface area contributed by atoms with Crippen LogP contribution >= 0.6 is 0 Å². The molecule has 2 amide bonds. The molecule has 26 heavy (non-hydrogen) atoms. The summed E-state index contributed by atoms with van der Waals surface area (Å²) < 4.78 is 10.6. The summed E-state index contributed by atoms with van der Waals surface area (Å²) in [6.07, 6.45) is 2.19. The number of para-hydroxylation sites is 1. The van der Waals surface area contributed by atoms with Crippen molar-refractivity contribution >= 4 is 17.5 Å². The number of nitrogens with zero attached hydrogens (tertiary/aromatic N) is 1. The third kappa shape index (κ3) is 4.29. The second-order valence-electron chi connectivity index (χ2n) is 6.42. The monoisotopic (exact) mass is 357 g/mol. The van der Waals surface area contributed by atoms with E-state index in [0.717, 1.165) is 25.0 Å². The lowest BCUT2D eigenvalue weighted by molar-refractivity contribution is -0.115. The number of nitrogens with one attached hydrogen (secondary N) is 2. The number of carbonyl (C=O) groups excluding carboxylic acids is 2. The first-order valence-electron chi connectivity index (χ1n) is 8.75. The predicted octanol–water partition coefficient (Wildman–Crippen LogP) is 2.38. The quantitative estimate of drug-likeness (QED) is 0.828. The molecule has 0 radical (unpaired) electrons. The highest BCUT2D eigenvalue weighted by Gasteiger charge is 2.19. The van der Waals surface area contributed by atoms with E-state index in [4.69, 9.17) is 9.26 Å². The number of aryl methyl sites for hydroxylation is 2. The molecular formula is C19H23N3O4. The maximum absolute atomic E-state index is 12.5. The van der Waals surface area contributed by atoms with Crippen LogP contribution in [-0.4, -0.2) is 36.2 Å². The zero-order chi connectivity index (χ0) is 18.5. The van der Waals surface area contributed by atoms with Crippen molar-refractivity contribution in [1.82, 2.24) is 10.5 Å². The van der Waals surface area contributed by atoms with Gasteiger partial charge in [0, 0.05) is 18.7 Å². The molecule has 2 aromatic rings. The summed E-state index contributed by atoms with van der Waals surface area (Å²) in [5.74, 6) is 0.174. The van der Waals surface area contributed by atoms with E-state index in [1.807, 2.05) is 0 Å². The van der Waals surface area contributed by atoms with Crippen molar-refractivity contribution in [3.8, 4) is 0 Å². The van der Waals surface area contributed by atoms with Gasteiger partial charge in [-0.25, -0.2) is 0 Å². The van der Waals surface area contributed by atoms with E-state index in [2.05, 4.69) is 15.8 Å². The molecular weight excluding hydrogens is 334 g/mol. The maximum Gasteiger partial charge on any atom is 0.253 e. The summed E-state index contributed by atoms with van der Waals surface area (Å²) >= 11 is 0. The maximum atomic E-state index is 12.5. The molecule has 3 rings (SSSR count). The van der Waals surface area contributed by atoms with Crippen molar-refractivity contribution in [3.05, 3.63) is 46.8 Å². The Bertz CT molecular complexity index is 774. The van der Waals surface area contributed by atoms with Crippen molar-refractivity contribution < 1.29 is 18.8 Å². The van der Waals surface area contributed by atoms with Crippen LogP contribution in [0.5, 0.6) is 0 Å². The Morgan fingerprint density at radius 2 is 2.08 bits per heavy atom. The van der Waals surface area contributed by atoms with Gasteiger partial charge in [-0.1, -0.05) is 17.3 Å². The number of hydrogen-bond acceptors (Lipinski definition) is 5. The summed E-state index contributed by atoms with van der Waals surface area (Å²) in [6, 6.07) is 6.95. The number of anilines is 1. The Kier molecular flexibility index (Phi) is 5.68. The molecule has 7 nitrogen and oxygen atoms in total. The molecule has 0 saturated carbocycles. The van der Waals surface area contributed by atoms with Crippen LogP contribution in [0.2, 0.25) is 0 Å². The molecule has 1 unspecified atom stereocenters. The van der Waals surface area contributed by atoms with E-state index < -0.39 is 0 Å². The second-order valence-corrected chi connectivity index (χ2v) is 6.42. The number of aromatic nitrogens is 1. The van der Waals surface area contributed by atoms with Crippen LogP contribution < -0.4 is 10.6 Å². The van der Waals surface area contributed by atoms with Crippen LogP contribution in [0.15, 0.2) is 28.8 Å². The number of benzene rings is 1. The number of amides is 2. The first-order chi connectivity index (χ1) is 12.5. The normalized spacial score (nSPS) is 16.5. The Balaban J connectivity index is 1.64. The largest absolute Gasteiger partial charge is 0.376 e. The molecule has 0 aliphatic carbocycles. The van der Waals surface area contributed by atoms with E-state index in [9.17, 15) is 9.59 Å². The van der Waals surface area contributed by atoms with Gasteiger partial charge in [0.1, 0.15) is 5.76 Å². The van der Waals surface area contributed by atoms with Crippen molar-refractivity contribution in [2.75, 3.05) is 18.5 Å². The average molecular weight is 357 g/mol. The summed E-state index contributed by atoms with van der Waals surface area (Å²) in [5, 5.41) is 9.54. The van der Waals surface area contributed by atoms with Gasteiger partial charge in [-0.2, -0.15) is 0 Å². The van der Waals surface area contributed by atoms with Gasteiger partial charge in [0.2, 0.25) is 5.91 Å². The van der Waals surface area contributed by atoms with E-state index >= 15 is 0 Å². The van der Waals surface area contributed by atoms with Crippen LogP contribution in [0, 0.1) is 13.8 Å². The summed E-state index contributed by atoms with van der Waals surface area (Å²) in [6.45, 7) is 4.79. The Morgan fingerprint density at radius 1 is 1.27 bits per heavy atom. The van der Waals surface area contributed by atoms with Crippen molar-refractivity contribution in [2.45, 2.75) is 39.2 Å². The summed E-state index contributed by atoms with van der Waals surface area (Å²) in [4.78, 5) is 24.9. The Morgan fingerprint density at radius 3 is 2.77 bits per heavy atom. The minimum Gasteiger partial charge on any atom is -0.376 e. The molecule has 2 N–H and O–H groups in total. The first kappa shape index (κ1) is 18.1. The highest BCUT2D eigenvalue weighted by atomic mass is 16.5. The molecule has 0 spiro atoms. The molecule has 1 saturated heterocycles. The lowest BCUT2D eigenvalue weighted by atomic mass is 10.1. The smallest absolute Gasteiger partial charge is 0.253 e. The number of hydrogen-bond donors (Lipinski definition) is 2. The summed E-state index contributed by atoms with van der Waals surface area (Å²) in [5.41, 5.74) is 2.37. The van der Waals surface area contributed by atoms with Crippen LogP contribution in [-0.2, 0) is 16.0 Å². The molecule has 1 aromatic heterocycles. The van der Waals surface area contributed by atoms with Gasteiger partial charge in [0.05, 0.1) is 29.5 Å². The SMILES string of the molecule is Cc1noc(C)c1CC(=O)Nc1ccccc1C(=O)NCC1CCCO1. The Labute approximate surface area is 152 Å². The van der Waals surface area contributed by atoms with E-state index in [0.29, 0.717) is 29.2 Å². The van der Waals surface area contributed by atoms with E-state index in [1.54, 1.807) is 38.1 Å². The zero-order valence-electron chi connectivity index (χ0n) is 15.0. The third-order valence-electron chi connectivity index (χ3n) is 4.48. The second kappa shape index (κ2) is 8.14. The van der Waals surface area contributed by atoms with E-state index in [-0.39, 0.29) is 24.3 Å². The van der Waals surface area contributed by atoms with Crippen molar-refractivity contribution in [2.24, 2.45) is 0 Å². The standard InChI is InChI=1S/C19H23N3O4/c1-12-16(13(2)26-22-12)10-18(23)21-17-8-4-3-7-15(17)19(24)20-11-14-6-5-9-25-14/h3-4,7-8,14H,5-6,9-11H2,1-2H3,(H,20,24)(H,21,23). The van der Waals surface area contributed by atoms with Crippen LogP contribution in [0.4, 0.5) is 5.69 Å². The number of ether oxygens (including phenoxy) is 1. The lowest BCUT2D eigenvalue weighted by Gasteiger charge is -2.13. The fraction of sp³-hybridized carbons (Fsp3) is 0.421. The molecule has 1 aliphatic rings. The highest BCUT2D eigenvalue weighted by Crippen LogP contribution is 2.18. The zero-order valence-corrected chi connectivity index (χ0v) is 15.0. The van der Waals surface area contributed by atoms with Crippen LogP contribution in [0.3, 0.4) is 0 Å². The fourth-order valence-corrected chi connectivity index (χ4v) is 3.01. The van der Waals surface area contributed by atoms with Crippen molar-refractivity contribution in [3.63, 3.8) is 0 Å². The number of carbonyl (C=O) groups is 2. The Hall–Kier alpha value is -2.67. The van der Waals surface area contributed by atoms with Gasteiger partial charge >= 0.3 is 0 Å². The van der Waals surface area contributed by atoms with Gasteiger partial charge in [-0.3, -0.25) is 9.59 Å². The number of rotatable bonds is 6. The van der Waals surface area contributed by atoms with Gasteiger partial charge in [0.15, 0.2) is 0 Å². The summed E-state index contributed by atoms with van der Waals surface area (Å²) in [7, 11) is 0. The molecule has 138 valence electrons. The van der Waals surface area contributed by atoms with Gasteiger partial charge in [-0.05, 0) is 38.8 Å². The van der Waals surface area contributed by atoms with Gasteiger partial charge in [0.25, 0.3) is 5.91 Å². The molecule has 1 aliphatic heterocycles. The third-order valence-corrected chi connectivity index (χ3v) is 4.48.